The highest BCUT2D eigenvalue weighted by molar-refractivity contribution is 7.82. The fourth-order valence-corrected chi connectivity index (χ4v) is 0. The van der Waals surface area contributed by atoms with Crippen LogP contribution in [0, 0.1) is 0 Å². The van der Waals surface area contributed by atoms with Crippen LogP contribution in [0.25, 0.3) is 0 Å². The van der Waals surface area contributed by atoms with Crippen LogP contribution >= 0.6 is 33.2 Å². The van der Waals surface area contributed by atoms with Gasteiger partial charge in [-0.1, -0.05) is 6.55 Å². The minimum absolute atomic E-state index is 0.312. The summed E-state index contributed by atoms with van der Waals surface area (Å²) in [6.07, 6.45) is 0. The lowest BCUT2D eigenvalue weighted by molar-refractivity contribution is 2.36. The van der Waals surface area contributed by atoms with Crippen LogP contribution < -0.4 is 0 Å². The maximum absolute atomic E-state index is 5.45. The monoisotopic (exact) mass is 178 g/mol. The topological polar surface area (TPSA) is 0 Å². The second-order valence-electron chi connectivity index (χ2n) is 0.969. The second kappa shape index (κ2) is 2.57. The molecule has 0 saturated carbocycles. The molecule has 5 heteroatoms. The molecule has 0 aliphatic carbocycles. The predicted molar refractivity (Wildman–Crippen MR) is 37.7 cm³/mol. The van der Waals surface area contributed by atoms with Gasteiger partial charge in [0.25, 0.3) is 0 Å². The van der Waals surface area contributed by atoms with E-state index in [1.165, 1.54) is 0 Å². The summed E-state index contributed by atoms with van der Waals surface area (Å²) in [7, 11) is -0.312. The molecule has 0 heterocycles. The van der Waals surface area contributed by atoms with Gasteiger partial charge in [-0.15, -0.1) is 33.2 Å². The SMILES string of the molecule is C[SiH2][Si](Cl)(Cl)Cl. The van der Waals surface area contributed by atoms with Gasteiger partial charge in [0, 0.05) is 0 Å². The number of rotatable bonds is 1. The molecular formula is CH5Cl3Si2. The largest absolute Gasteiger partial charge is 0.317 e. The maximum Gasteiger partial charge on any atom is 0.317 e. The molecule has 6 heavy (non-hydrogen) atoms. The zero-order chi connectivity index (χ0) is 5.21. The van der Waals surface area contributed by atoms with Crippen molar-refractivity contribution >= 4 is 47.8 Å². The van der Waals surface area contributed by atoms with Gasteiger partial charge in [0.15, 0.2) is 0 Å². The first-order chi connectivity index (χ1) is 2.56. The van der Waals surface area contributed by atoms with Crippen molar-refractivity contribution in [3.8, 4) is 0 Å². The third-order valence-electron chi connectivity index (χ3n) is 0.401. The van der Waals surface area contributed by atoms with Crippen LogP contribution in [-0.2, 0) is 0 Å². The first kappa shape index (κ1) is 7.30. The highest BCUT2D eigenvalue weighted by atomic mass is 35.8. The van der Waals surface area contributed by atoms with Gasteiger partial charge in [-0.05, 0) is 0 Å². The first-order valence-corrected chi connectivity index (χ1v) is 10.4. The highest BCUT2D eigenvalue weighted by Gasteiger charge is 2.20. The van der Waals surface area contributed by atoms with Crippen LogP contribution in [0.1, 0.15) is 0 Å². The molecule has 0 fully saturated rings. The van der Waals surface area contributed by atoms with Crippen LogP contribution in [-0.4, -0.2) is 14.6 Å². The van der Waals surface area contributed by atoms with Crippen LogP contribution in [0.2, 0.25) is 6.55 Å². The van der Waals surface area contributed by atoms with Gasteiger partial charge in [-0.25, -0.2) is 0 Å². The van der Waals surface area contributed by atoms with Crippen molar-refractivity contribution in [2.75, 3.05) is 0 Å². The fraction of sp³-hybridized carbons (Fsp3) is 1.00. The van der Waals surface area contributed by atoms with Crippen LogP contribution in [0.3, 0.4) is 0 Å². The summed E-state index contributed by atoms with van der Waals surface area (Å²) in [5, 5.41) is 0. The molecule has 0 aromatic rings. The van der Waals surface area contributed by atoms with Crippen LogP contribution in [0.5, 0.6) is 0 Å². The lowest BCUT2D eigenvalue weighted by Crippen LogP contribution is -2.16. The summed E-state index contributed by atoms with van der Waals surface area (Å²) in [5.74, 6) is 0. The first-order valence-electron chi connectivity index (χ1n) is 1.63. The smallest absolute Gasteiger partial charge is 0.130 e. The summed E-state index contributed by atoms with van der Waals surface area (Å²) >= 11 is 16.3. The highest BCUT2D eigenvalue weighted by Crippen LogP contribution is 2.16. The summed E-state index contributed by atoms with van der Waals surface area (Å²) in [5.41, 5.74) is -2.08. The van der Waals surface area contributed by atoms with E-state index < -0.39 is 5.52 Å². The lowest BCUT2D eigenvalue weighted by Gasteiger charge is -1.97. The predicted octanol–water partition coefficient (Wildman–Crippen LogP) is 1.36. The Morgan fingerprint density at radius 2 is 1.50 bits per heavy atom. The Hall–Kier alpha value is 1.30. The van der Waals surface area contributed by atoms with Crippen molar-refractivity contribution in [2.24, 2.45) is 0 Å². The average Bonchev–Trinajstić information content (AvgIpc) is 1.35. The third kappa shape index (κ3) is 5.30. The van der Waals surface area contributed by atoms with Gasteiger partial charge in [0.2, 0.25) is 0 Å². The molecule has 0 saturated heterocycles. The van der Waals surface area contributed by atoms with E-state index >= 15 is 0 Å². The van der Waals surface area contributed by atoms with Crippen LogP contribution in [0.4, 0.5) is 0 Å². The molecule has 0 aromatic carbocycles. The van der Waals surface area contributed by atoms with Crippen molar-refractivity contribution in [2.45, 2.75) is 6.55 Å². The van der Waals surface area contributed by atoms with Crippen molar-refractivity contribution < 1.29 is 0 Å². The molecule has 0 nitrogen and oxygen atoms in total. The Labute approximate surface area is 54.5 Å². The van der Waals surface area contributed by atoms with E-state index in [-0.39, 0.29) is 9.04 Å². The van der Waals surface area contributed by atoms with Crippen molar-refractivity contribution in [3.63, 3.8) is 0 Å². The zero-order valence-corrected chi connectivity index (χ0v) is 8.02. The van der Waals surface area contributed by atoms with Crippen molar-refractivity contribution in [3.05, 3.63) is 0 Å². The van der Waals surface area contributed by atoms with Gasteiger partial charge in [-0.2, -0.15) is 0 Å². The van der Waals surface area contributed by atoms with E-state index in [0.29, 0.717) is 0 Å². The third-order valence-corrected chi connectivity index (χ3v) is 10.8. The maximum atomic E-state index is 5.45. The molecule has 0 spiro atoms. The van der Waals surface area contributed by atoms with E-state index in [1.54, 1.807) is 0 Å². The Balaban J connectivity index is 3.17. The van der Waals surface area contributed by atoms with E-state index in [1.807, 2.05) is 6.55 Å². The van der Waals surface area contributed by atoms with Gasteiger partial charge in [-0.3, -0.25) is 0 Å². The number of hydrogen-bond acceptors (Lipinski definition) is 0. The Morgan fingerprint density at radius 1 is 1.33 bits per heavy atom. The van der Waals surface area contributed by atoms with Crippen molar-refractivity contribution in [1.29, 1.82) is 0 Å². The second-order valence-corrected chi connectivity index (χ2v) is 19.8. The Morgan fingerprint density at radius 3 is 1.50 bits per heavy atom. The minimum Gasteiger partial charge on any atom is -0.130 e. The van der Waals surface area contributed by atoms with Gasteiger partial charge in [0.05, 0.1) is 9.04 Å². The normalized spacial score (nSPS) is 14.0. The van der Waals surface area contributed by atoms with E-state index in [2.05, 4.69) is 0 Å². The molecule has 0 aliphatic rings. The van der Waals surface area contributed by atoms with E-state index in [4.69, 9.17) is 33.2 Å². The van der Waals surface area contributed by atoms with Crippen molar-refractivity contribution in [1.82, 2.24) is 0 Å². The molecule has 0 atom stereocenters. The standard InChI is InChI=1S/CH5Cl3Si2/c1-5-6(2,3)4/h5H2,1H3. The van der Waals surface area contributed by atoms with E-state index in [0.717, 1.165) is 0 Å². The van der Waals surface area contributed by atoms with Gasteiger partial charge >= 0.3 is 5.52 Å². The number of halogens is 3. The summed E-state index contributed by atoms with van der Waals surface area (Å²) in [4.78, 5) is 0. The fourth-order valence-electron chi connectivity index (χ4n) is 0. The Kier molecular flexibility index (Phi) is 3.13. The molecule has 0 unspecified atom stereocenters. The number of hydrogen-bond donors (Lipinski definition) is 0. The zero-order valence-electron chi connectivity index (χ0n) is 3.34. The summed E-state index contributed by atoms with van der Waals surface area (Å²) in [6, 6.07) is 0. The Bertz CT molecular complexity index is 38.5. The molecule has 0 rings (SSSR count). The average molecular weight is 180 g/mol. The summed E-state index contributed by atoms with van der Waals surface area (Å²) < 4.78 is 0. The minimum atomic E-state index is -2.08. The molecule has 0 aliphatic heterocycles. The molecule has 38 valence electrons. The summed E-state index contributed by atoms with van der Waals surface area (Å²) in [6.45, 7) is 2.01. The molecule has 0 amide bonds. The van der Waals surface area contributed by atoms with Crippen LogP contribution in [0.15, 0.2) is 0 Å². The quantitative estimate of drug-likeness (QED) is 0.421. The van der Waals surface area contributed by atoms with Gasteiger partial charge in [0.1, 0.15) is 0 Å². The van der Waals surface area contributed by atoms with Gasteiger partial charge < -0.3 is 0 Å². The molecule has 0 bridgehead atoms. The molecule has 0 aromatic heterocycles. The lowest BCUT2D eigenvalue weighted by atomic mass is 11.9. The molecular weight excluding hydrogens is 175 g/mol. The molecule has 0 N–H and O–H groups in total. The molecule has 0 radical (unpaired) electrons. The van der Waals surface area contributed by atoms with E-state index in [9.17, 15) is 0 Å².